The Morgan fingerprint density at radius 2 is 1.65 bits per heavy atom. The van der Waals surface area contributed by atoms with E-state index in [4.69, 9.17) is 16.9 Å². The van der Waals surface area contributed by atoms with Crippen LogP contribution in [0.4, 0.5) is 4.39 Å². The van der Waals surface area contributed by atoms with Gasteiger partial charge < -0.3 is 0 Å². The molecule has 0 radical (unpaired) electrons. The lowest BCUT2D eigenvalue weighted by Gasteiger charge is -2.04. The third-order valence-corrected chi connectivity index (χ3v) is 3.51. The predicted octanol–water partition coefficient (Wildman–Crippen LogP) is 6.80. The summed E-state index contributed by atoms with van der Waals surface area (Å²) in [4.78, 5) is 0. The molecule has 0 aromatic heterocycles. The minimum absolute atomic E-state index is 0.126. The third-order valence-electron chi connectivity index (χ3n) is 3.10. The topological polar surface area (TPSA) is 23.8 Å². The fourth-order valence-corrected chi connectivity index (χ4v) is 1.92. The molecule has 0 aliphatic heterocycles. The molecule has 0 fully saturated rings. The van der Waals surface area contributed by atoms with Gasteiger partial charge in [-0.05, 0) is 54.7 Å². The van der Waals surface area contributed by atoms with Gasteiger partial charge in [-0.3, -0.25) is 0 Å². The van der Waals surface area contributed by atoms with Crippen molar-refractivity contribution in [3.8, 4) is 6.07 Å². The molecule has 0 saturated heterocycles. The van der Waals surface area contributed by atoms with E-state index < -0.39 is 5.82 Å². The molecule has 0 atom stereocenters. The summed E-state index contributed by atoms with van der Waals surface area (Å²) >= 11 is 5.81. The lowest BCUT2D eigenvalue weighted by Crippen LogP contribution is -1.90. The highest BCUT2D eigenvalue weighted by Crippen LogP contribution is 2.17. The maximum absolute atomic E-state index is 12.8. The number of hydrogen-bond acceptors (Lipinski definition) is 1. The van der Waals surface area contributed by atoms with Crippen LogP contribution in [0.25, 0.3) is 0 Å². The van der Waals surface area contributed by atoms with Crippen LogP contribution in [-0.2, 0) is 0 Å². The van der Waals surface area contributed by atoms with Gasteiger partial charge in [0, 0.05) is 5.02 Å². The number of benzene rings is 2. The van der Waals surface area contributed by atoms with Crippen molar-refractivity contribution < 1.29 is 4.39 Å². The second-order valence-corrected chi connectivity index (χ2v) is 5.67. The first-order valence-electron chi connectivity index (χ1n) is 7.77. The molecular weight excluding hydrogens is 309 g/mol. The Kier molecular flexibility index (Phi) is 9.94. The van der Waals surface area contributed by atoms with Crippen molar-refractivity contribution >= 4 is 11.6 Å². The van der Waals surface area contributed by atoms with E-state index in [1.807, 2.05) is 59.7 Å². The Labute approximate surface area is 144 Å². The first-order chi connectivity index (χ1) is 10.8. The molecule has 0 unspecified atom stereocenters. The van der Waals surface area contributed by atoms with E-state index in [1.54, 1.807) is 12.1 Å². The zero-order valence-corrected chi connectivity index (χ0v) is 15.5. The molecule has 0 heterocycles. The second-order valence-electron chi connectivity index (χ2n) is 5.26. The van der Waals surface area contributed by atoms with Gasteiger partial charge in [-0.25, -0.2) is 4.39 Å². The lowest BCUT2D eigenvalue weighted by atomic mass is 10.0. The fourth-order valence-electron chi connectivity index (χ4n) is 1.69. The van der Waals surface area contributed by atoms with E-state index in [2.05, 4.69) is 6.07 Å². The lowest BCUT2D eigenvalue weighted by molar-refractivity contribution is 0.622. The SMILES string of the molecule is CC.CC(C)c1ccc(F)c(C#N)c1.Cc1ccc(C)c(Cl)c1. The summed E-state index contributed by atoms with van der Waals surface area (Å²) in [5.74, 6) is -0.111. The Hall–Kier alpha value is -1.85. The number of nitriles is 1. The van der Waals surface area contributed by atoms with Crippen LogP contribution in [0.15, 0.2) is 36.4 Å². The van der Waals surface area contributed by atoms with E-state index in [9.17, 15) is 4.39 Å². The van der Waals surface area contributed by atoms with E-state index in [1.165, 1.54) is 11.6 Å². The van der Waals surface area contributed by atoms with Crippen molar-refractivity contribution in [3.05, 3.63) is 69.5 Å². The maximum atomic E-state index is 12.8. The predicted molar refractivity (Wildman–Crippen MR) is 97.5 cm³/mol. The minimum Gasteiger partial charge on any atom is -0.206 e. The summed E-state index contributed by atoms with van der Waals surface area (Å²) in [7, 11) is 0. The van der Waals surface area contributed by atoms with Gasteiger partial charge in [-0.2, -0.15) is 5.26 Å². The average Bonchev–Trinajstić information content (AvgIpc) is 2.54. The van der Waals surface area contributed by atoms with Crippen molar-refractivity contribution in [2.24, 2.45) is 0 Å². The van der Waals surface area contributed by atoms with Gasteiger partial charge in [0.25, 0.3) is 0 Å². The molecule has 2 aromatic rings. The highest BCUT2D eigenvalue weighted by molar-refractivity contribution is 6.31. The summed E-state index contributed by atoms with van der Waals surface area (Å²) < 4.78 is 12.8. The molecule has 2 aromatic carbocycles. The van der Waals surface area contributed by atoms with Gasteiger partial charge in [0.05, 0.1) is 5.56 Å². The van der Waals surface area contributed by atoms with Gasteiger partial charge in [-0.15, -0.1) is 0 Å². The third kappa shape index (κ3) is 7.30. The Bertz CT molecular complexity index is 657. The fraction of sp³-hybridized carbons (Fsp3) is 0.350. The van der Waals surface area contributed by atoms with E-state index >= 15 is 0 Å². The maximum Gasteiger partial charge on any atom is 0.140 e. The molecule has 3 heteroatoms. The van der Waals surface area contributed by atoms with Gasteiger partial charge in [-0.1, -0.05) is 57.5 Å². The molecule has 0 bridgehead atoms. The first kappa shape index (κ1) is 21.1. The van der Waals surface area contributed by atoms with Gasteiger partial charge in [0.1, 0.15) is 11.9 Å². The number of aryl methyl sites for hydroxylation is 2. The molecule has 2 rings (SSSR count). The molecule has 0 aliphatic rings. The smallest absolute Gasteiger partial charge is 0.140 e. The van der Waals surface area contributed by atoms with Crippen molar-refractivity contribution in [1.82, 2.24) is 0 Å². The van der Waals surface area contributed by atoms with Gasteiger partial charge in [0.15, 0.2) is 0 Å². The molecular formula is C20H25ClFN. The van der Waals surface area contributed by atoms with Gasteiger partial charge in [0.2, 0.25) is 0 Å². The molecule has 0 aliphatic carbocycles. The quantitative estimate of drug-likeness (QED) is 0.562. The second kappa shape index (κ2) is 10.8. The highest BCUT2D eigenvalue weighted by atomic mass is 35.5. The molecule has 0 spiro atoms. The van der Waals surface area contributed by atoms with E-state index in [0.717, 1.165) is 16.1 Å². The van der Waals surface area contributed by atoms with Crippen molar-refractivity contribution in [1.29, 1.82) is 5.26 Å². The summed E-state index contributed by atoms with van der Waals surface area (Å²) in [5.41, 5.74) is 3.47. The van der Waals surface area contributed by atoms with Crippen molar-refractivity contribution in [3.63, 3.8) is 0 Å². The summed E-state index contributed by atoms with van der Waals surface area (Å²) in [6.45, 7) is 12.1. The van der Waals surface area contributed by atoms with Crippen LogP contribution in [0.1, 0.15) is 55.9 Å². The Morgan fingerprint density at radius 3 is 2.09 bits per heavy atom. The van der Waals surface area contributed by atoms with E-state index in [0.29, 0.717) is 5.92 Å². The molecule has 0 amide bonds. The molecule has 0 saturated carbocycles. The van der Waals surface area contributed by atoms with Crippen LogP contribution in [0.2, 0.25) is 5.02 Å². The zero-order valence-electron chi connectivity index (χ0n) is 14.7. The number of halogens is 2. The summed E-state index contributed by atoms with van der Waals surface area (Å²) in [6, 6.07) is 12.5. The first-order valence-corrected chi connectivity index (χ1v) is 8.15. The van der Waals surface area contributed by atoms with Crippen molar-refractivity contribution in [2.45, 2.75) is 47.5 Å². The Morgan fingerprint density at radius 1 is 1.04 bits per heavy atom. The van der Waals surface area contributed by atoms with Crippen LogP contribution in [-0.4, -0.2) is 0 Å². The number of rotatable bonds is 1. The van der Waals surface area contributed by atoms with Crippen LogP contribution in [0.3, 0.4) is 0 Å². The summed E-state index contributed by atoms with van der Waals surface area (Å²) in [6.07, 6.45) is 0. The molecule has 23 heavy (non-hydrogen) atoms. The molecule has 1 nitrogen and oxygen atoms in total. The van der Waals surface area contributed by atoms with Crippen LogP contribution < -0.4 is 0 Å². The van der Waals surface area contributed by atoms with Crippen LogP contribution in [0.5, 0.6) is 0 Å². The normalized spacial score (nSPS) is 9.22. The minimum atomic E-state index is -0.443. The van der Waals surface area contributed by atoms with Crippen LogP contribution >= 0.6 is 11.6 Å². The number of hydrogen-bond donors (Lipinski definition) is 0. The summed E-state index contributed by atoms with van der Waals surface area (Å²) in [5, 5.41) is 9.39. The zero-order chi connectivity index (χ0) is 18.0. The average molecular weight is 334 g/mol. The monoisotopic (exact) mass is 333 g/mol. The largest absolute Gasteiger partial charge is 0.206 e. The van der Waals surface area contributed by atoms with Crippen molar-refractivity contribution in [2.75, 3.05) is 0 Å². The number of nitrogens with zero attached hydrogens (tertiary/aromatic N) is 1. The Balaban J connectivity index is 0.000000392. The van der Waals surface area contributed by atoms with E-state index in [-0.39, 0.29) is 5.56 Å². The van der Waals surface area contributed by atoms with Gasteiger partial charge >= 0.3 is 0 Å². The molecule has 0 N–H and O–H groups in total. The highest BCUT2D eigenvalue weighted by Gasteiger charge is 2.04. The molecule has 124 valence electrons. The van der Waals surface area contributed by atoms with Crippen LogP contribution in [0, 0.1) is 31.0 Å². The standard InChI is InChI=1S/C10H10FN.C8H9Cl.C2H6/c1-7(2)8-3-4-10(11)9(5-8)6-12;1-6-3-4-7(2)8(9)5-6;1-2/h3-5,7H,1-2H3;3-5H,1-2H3;1-2H3.